The highest BCUT2D eigenvalue weighted by atomic mass is 32.2. The molecule has 22 heavy (non-hydrogen) atoms. The average molecular weight is 315 g/mol. The predicted octanol–water partition coefficient (Wildman–Crippen LogP) is 2.40. The molecule has 2 heterocycles. The molecule has 4 nitrogen and oxygen atoms in total. The normalized spacial score (nSPS) is 15.4. The number of hydrogen-bond donors (Lipinski definition) is 1. The molecule has 0 bridgehead atoms. The summed E-state index contributed by atoms with van der Waals surface area (Å²) in [5, 5.41) is 0. The zero-order valence-corrected chi connectivity index (χ0v) is 13.9. The lowest BCUT2D eigenvalue weighted by atomic mass is 10.1. The number of rotatable bonds is 3. The molecule has 1 aromatic carbocycles. The van der Waals surface area contributed by atoms with Crippen LogP contribution in [0, 0.1) is 6.92 Å². The monoisotopic (exact) mass is 315 g/mol. The Morgan fingerprint density at radius 3 is 2.68 bits per heavy atom. The van der Waals surface area contributed by atoms with E-state index in [2.05, 4.69) is 45.4 Å². The first-order valence-corrected chi connectivity index (χ1v) is 8.82. The Hall–Kier alpha value is -1.59. The first kappa shape index (κ1) is 15.3. The van der Waals surface area contributed by atoms with Crippen LogP contribution < -0.4 is 5.56 Å². The number of benzene rings is 1. The number of aryl methyl sites for hydroxylation is 1. The first-order valence-electron chi connectivity index (χ1n) is 7.59. The van der Waals surface area contributed by atoms with Crippen LogP contribution >= 0.6 is 11.8 Å². The molecule has 116 valence electrons. The van der Waals surface area contributed by atoms with Gasteiger partial charge in [0.1, 0.15) is 5.82 Å². The summed E-state index contributed by atoms with van der Waals surface area (Å²) in [6.07, 6.45) is 3.72. The third-order valence-corrected chi connectivity index (χ3v) is 4.87. The highest BCUT2D eigenvalue weighted by molar-refractivity contribution is 7.98. The summed E-state index contributed by atoms with van der Waals surface area (Å²) >= 11 is 1.76. The van der Waals surface area contributed by atoms with E-state index in [0.29, 0.717) is 5.82 Å². The fourth-order valence-electron chi connectivity index (χ4n) is 2.93. The van der Waals surface area contributed by atoms with Gasteiger partial charge in [0.15, 0.2) is 0 Å². The van der Waals surface area contributed by atoms with Gasteiger partial charge in [-0.2, -0.15) is 0 Å². The molecule has 5 heteroatoms. The molecule has 1 aliphatic rings. The van der Waals surface area contributed by atoms with Crippen molar-refractivity contribution in [3.63, 3.8) is 0 Å². The molecule has 3 rings (SSSR count). The maximum absolute atomic E-state index is 12.1. The van der Waals surface area contributed by atoms with Crippen molar-refractivity contribution in [2.45, 2.75) is 31.2 Å². The van der Waals surface area contributed by atoms with E-state index in [1.54, 1.807) is 11.8 Å². The zero-order chi connectivity index (χ0) is 15.5. The van der Waals surface area contributed by atoms with Gasteiger partial charge in [-0.15, -0.1) is 11.8 Å². The van der Waals surface area contributed by atoms with Gasteiger partial charge in [0.05, 0.1) is 5.69 Å². The lowest BCUT2D eigenvalue weighted by Crippen LogP contribution is -2.26. The van der Waals surface area contributed by atoms with Crippen molar-refractivity contribution in [2.24, 2.45) is 0 Å². The molecular weight excluding hydrogens is 294 g/mol. The third-order valence-electron chi connectivity index (χ3n) is 4.13. The Balaban J connectivity index is 1.71. The number of fused-ring (bicyclic) bond motifs is 1. The van der Waals surface area contributed by atoms with Gasteiger partial charge in [-0.25, -0.2) is 4.98 Å². The number of hydrogen-bond acceptors (Lipinski definition) is 4. The Kier molecular flexibility index (Phi) is 4.64. The topological polar surface area (TPSA) is 49.0 Å². The summed E-state index contributed by atoms with van der Waals surface area (Å²) in [7, 11) is 0. The van der Waals surface area contributed by atoms with Gasteiger partial charge in [0.2, 0.25) is 0 Å². The minimum absolute atomic E-state index is 0.0358. The zero-order valence-electron chi connectivity index (χ0n) is 13.1. The Labute approximate surface area is 135 Å². The summed E-state index contributed by atoms with van der Waals surface area (Å²) in [6.45, 7) is 4.63. The van der Waals surface area contributed by atoms with Crippen molar-refractivity contribution in [2.75, 3.05) is 19.3 Å². The quantitative estimate of drug-likeness (QED) is 0.884. The van der Waals surface area contributed by atoms with Crippen LogP contribution in [0.2, 0.25) is 0 Å². The molecule has 0 aliphatic carbocycles. The van der Waals surface area contributed by atoms with E-state index in [1.807, 2.05) is 6.92 Å². The number of H-pyrrole nitrogens is 1. The second-order valence-electron chi connectivity index (χ2n) is 5.70. The van der Waals surface area contributed by atoms with Gasteiger partial charge in [-0.05, 0) is 37.3 Å². The standard InChI is InChI=1S/C17H21N3OS/c1-12-18-16-8-10-20(9-7-15(16)17(21)19-12)11-13-3-5-14(22-2)6-4-13/h3-6H,7-11H2,1-2H3,(H,18,19,21). The first-order chi connectivity index (χ1) is 10.7. The molecule has 1 aliphatic heterocycles. The molecule has 1 N–H and O–H groups in total. The van der Waals surface area contributed by atoms with Gasteiger partial charge >= 0.3 is 0 Å². The van der Waals surface area contributed by atoms with E-state index < -0.39 is 0 Å². The summed E-state index contributed by atoms with van der Waals surface area (Å²) in [4.78, 5) is 23.1. The molecule has 1 aromatic heterocycles. The molecule has 2 aromatic rings. The van der Waals surface area contributed by atoms with Gasteiger partial charge in [0, 0.05) is 36.5 Å². The van der Waals surface area contributed by atoms with E-state index in [-0.39, 0.29) is 5.56 Å². The largest absolute Gasteiger partial charge is 0.311 e. The number of aromatic nitrogens is 2. The van der Waals surface area contributed by atoms with Crippen molar-refractivity contribution in [1.82, 2.24) is 14.9 Å². The smallest absolute Gasteiger partial charge is 0.254 e. The van der Waals surface area contributed by atoms with Crippen molar-refractivity contribution in [1.29, 1.82) is 0 Å². The Morgan fingerprint density at radius 1 is 1.23 bits per heavy atom. The molecular formula is C17H21N3OS. The van der Waals surface area contributed by atoms with Crippen LogP contribution in [0.5, 0.6) is 0 Å². The van der Waals surface area contributed by atoms with Gasteiger partial charge < -0.3 is 4.98 Å². The Morgan fingerprint density at radius 2 is 1.95 bits per heavy atom. The summed E-state index contributed by atoms with van der Waals surface area (Å²) < 4.78 is 0. The minimum atomic E-state index is 0.0358. The van der Waals surface area contributed by atoms with Gasteiger partial charge in [-0.1, -0.05) is 12.1 Å². The Bertz CT molecular complexity index is 709. The molecule has 0 spiro atoms. The third kappa shape index (κ3) is 3.42. The fourth-order valence-corrected chi connectivity index (χ4v) is 3.33. The molecule has 0 unspecified atom stereocenters. The molecule has 0 fully saturated rings. The molecule has 0 saturated heterocycles. The summed E-state index contributed by atoms with van der Waals surface area (Å²) in [6, 6.07) is 8.72. The molecule has 0 amide bonds. The lowest BCUT2D eigenvalue weighted by molar-refractivity contribution is 0.279. The van der Waals surface area contributed by atoms with Crippen molar-refractivity contribution in [3.05, 3.63) is 57.3 Å². The van der Waals surface area contributed by atoms with Crippen LogP contribution in [0.1, 0.15) is 22.6 Å². The van der Waals surface area contributed by atoms with Crippen LogP contribution in [0.3, 0.4) is 0 Å². The molecule has 0 atom stereocenters. The highest BCUT2D eigenvalue weighted by Gasteiger charge is 2.18. The number of nitrogens with zero attached hydrogens (tertiary/aromatic N) is 2. The highest BCUT2D eigenvalue weighted by Crippen LogP contribution is 2.17. The second-order valence-corrected chi connectivity index (χ2v) is 6.58. The number of aromatic amines is 1. The predicted molar refractivity (Wildman–Crippen MR) is 90.5 cm³/mol. The van der Waals surface area contributed by atoms with Crippen LogP contribution in [0.15, 0.2) is 34.0 Å². The van der Waals surface area contributed by atoms with E-state index >= 15 is 0 Å². The van der Waals surface area contributed by atoms with E-state index in [0.717, 1.165) is 43.7 Å². The average Bonchev–Trinajstić information content (AvgIpc) is 2.71. The van der Waals surface area contributed by atoms with E-state index in [9.17, 15) is 4.79 Å². The van der Waals surface area contributed by atoms with Crippen molar-refractivity contribution in [3.8, 4) is 0 Å². The second kappa shape index (κ2) is 6.67. The van der Waals surface area contributed by atoms with Crippen LogP contribution in [-0.4, -0.2) is 34.2 Å². The maximum atomic E-state index is 12.1. The van der Waals surface area contributed by atoms with Gasteiger partial charge in [-0.3, -0.25) is 9.69 Å². The number of thioether (sulfide) groups is 1. The number of nitrogens with one attached hydrogen (secondary N) is 1. The summed E-state index contributed by atoms with van der Waals surface area (Å²) in [5.74, 6) is 0.713. The van der Waals surface area contributed by atoms with Crippen LogP contribution in [0.4, 0.5) is 0 Å². The van der Waals surface area contributed by atoms with Crippen molar-refractivity contribution >= 4 is 11.8 Å². The lowest BCUT2D eigenvalue weighted by Gasteiger charge is -2.19. The fraction of sp³-hybridized carbons (Fsp3) is 0.412. The molecule has 0 radical (unpaired) electrons. The summed E-state index contributed by atoms with van der Waals surface area (Å²) in [5.41, 5.74) is 3.20. The van der Waals surface area contributed by atoms with Gasteiger partial charge in [0.25, 0.3) is 5.56 Å². The maximum Gasteiger partial charge on any atom is 0.254 e. The minimum Gasteiger partial charge on any atom is -0.311 e. The van der Waals surface area contributed by atoms with E-state index in [1.165, 1.54) is 10.5 Å². The van der Waals surface area contributed by atoms with Crippen LogP contribution in [-0.2, 0) is 19.4 Å². The SMILES string of the molecule is CSc1ccc(CN2CCc3nc(C)[nH]c(=O)c3CC2)cc1. The molecule has 0 saturated carbocycles. The van der Waals surface area contributed by atoms with Crippen LogP contribution in [0.25, 0.3) is 0 Å². The van der Waals surface area contributed by atoms with Crippen molar-refractivity contribution < 1.29 is 0 Å². The van der Waals surface area contributed by atoms with E-state index in [4.69, 9.17) is 0 Å².